The Hall–Kier alpha value is -2.57. The number of thioether (sulfide) groups is 1. The first-order valence-electron chi connectivity index (χ1n) is 9.77. The number of amides is 1. The van der Waals surface area contributed by atoms with Gasteiger partial charge >= 0.3 is 0 Å². The van der Waals surface area contributed by atoms with Crippen LogP contribution >= 0.6 is 24.0 Å². The van der Waals surface area contributed by atoms with Crippen molar-refractivity contribution in [1.82, 2.24) is 4.90 Å². The lowest BCUT2D eigenvalue weighted by atomic mass is 10.1. The lowest BCUT2D eigenvalue weighted by Gasteiger charge is -2.10. The molecule has 0 spiro atoms. The van der Waals surface area contributed by atoms with Crippen molar-refractivity contribution in [1.29, 1.82) is 0 Å². The van der Waals surface area contributed by atoms with Gasteiger partial charge in [0.25, 0.3) is 5.91 Å². The van der Waals surface area contributed by atoms with E-state index in [0.717, 1.165) is 23.5 Å². The van der Waals surface area contributed by atoms with Crippen molar-refractivity contribution in [3.05, 3.63) is 76.7 Å². The SMILES string of the molecule is C=CCN1C(=O)C(=Cc2cccc(OCCCOc3ccc(C)c(C)c3)c2)SC1=S. The van der Waals surface area contributed by atoms with Gasteiger partial charge in [0.1, 0.15) is 15.8 Å². The number of hydrogen-bond donors (Lipinski definition) is 0. The van der Waals surface area contributed by atoms with Crippen molar-refractivity contribution in [3.8, 4) is 11.5 Å². The zero-order valence-electron chi connectivity index (χ0n) is 17.2. The van der Waals surface area contributed by atoms with Crippen LogP contribution in [0.4, 0.5) is 0 Å². The number of nitrogens with zero attached hydrogens (tertiary/aromatic N) is 1. The van der Waals surface area contributed by atoms with E-state index in [1.165, 1.54) is 22.9 Å². The highest BCUT2D eigenvalue weighted by Gasteiger charge is 2.30. The third kappa shape index (κ3) is 5.74. The molecule has 1 saturated heterocycles. The average Bonchev–Trinajstić information content (AvgIpc) is 2.98. The maximum absolute atomic E-state index is 12.5. The van der Waals surface area contributed by atoms with Gasteiger partial charge in [-0.05, 0) is 60.9 Å². The molecule has 2 aromatic carbocycles. The summed E-state index contributed by atoms with van der Waals surface area (Å²) in [6.07, 6.45) is 4.29. The summed E-state index contributed by atoms with van der Waals surface area (Å²) in [7, 11) is 0. The van der Waals surface area contributed by atoms with Gasteiger partial charge in [0, 0.05) is 13.0 Å². The van der Waals surface area contributed by atoms with Gasteiger partial charge in [-0.3, -0.25) is 9.69 Å². The standard InChI is InChI=1S/C24H25NO3S2/c1-4-11-25-23(26)22(30-24(25)29)16-19-7-5-8-20(15-19)27-12-6-13-28-21-10-9-17(2)18(3)14-21/h4-5,7-10,14-16H,1,6,11-13H2,2-3H3. The smallest absolute Gasteiger partial charge is 0.266 e. The summed E-state index contributed by atoms with van der Waals surface area (Å²) < 4.78 is 12.2. The van der Waals surface area contributed by atoms with Gasteiger partial charge in [-0.15, -0.1) is 6.58 Å². The van der Waals surface area contributed by atoms with Gasteiger partial charge in [0.05, 0.1) is 18.1 Å². The molecule has 1 fully saturated rings. The van der Waals surface area contributed by atoms with E-state index in [0.29, 0.717) is 29.0 Å². The number of ether oxygens (including phenoxy) is 2. The summed E-state index contributed by atoms with van der Waals surface area (Å²) in [5.74, 6) is 1.56. The van der Waals surface area contributed by atoms with Gasteiger partial charge < -0.3 is 9.47 Å². The Balaban J connectivity index is 1.51. The highest BCUT2D eigenvalue weighted by atomic mass is 32.2. The number of carbonyl (C=O) groups is 1. The maximum atomic E-state index is 12.5. The first-order valence-corrected chi connectivity index (χ1v) is 11.0. The van der Waals surface area contributed by atoms with E-state index in [-0.39, 0.29) is 5.91 Å². The molecule has 1 amide bonds. The number of benzene rings is 2. The number of aryl methyl sites for hydroxylation is 2. The van der Waals surface area contributed by atoms with Crippen molar-refractivity contribution in [2.75, 3.05) is 19.8 Å². The molecule has 2 aromatic rings. The number of hydrogen-bond acceptors (Lipinski definition) is 5. The molecular formula is C24H25NO3S2. The minimum atomic E-state index is -0.0836. The Bertz CT molecular complexity index is 984. The molecule has 0 atom stereocenters. The van der Waals surface area contributed by atoms with Gasteiger partial charge in [-0.1, -0.05) is 48.3 Å². The number of carbonyl (C=O) groups excluding carboxylic acids is 1. The normalized spacial score (nSPS) is 15.0. The van der Waals surface area contributed by atoms with Crippen molar-refractivity contribution in [3.63, 3.8) is 0 Å². The first kappa shape index (κ1) is 22.1. The van der Waals surface area contributed by atoms with Crippen LogP contribution in [-0.4, -0.2) is 34.9 Å². The van der Waals surface area contributed by atoms with Crippen LogP contribution in [0, 0.1) is 13.8 Å². The van der Waals surface area contributed by atoms with E-state index >= 15 is 0 Å². The minimum absolute atomic E-state index is 0.0836. The van der Waals surface area contributed by atoms with Gasteiger partial charge in [-0.2, -0.15) is 0 Å². The Kier molecular flexibility index (Phi) is 7.71. The van der Waals surface area contributed by atoms with E-state index in [1.54, 1.807) is 11.0 Å². The average molecular weight is 440 g/mol. The fourth-order valence-corrected chi connectivity index (χ4v) is 4.15. The van der Waals surface area contributed by atoms with E-state index in [4.69, 9.17) is 21.7 Å². The third-order valence-electron chi connectivity index (χ3n) is 4.65. The molecule has 4 nitrogen and oxygen atoms in total. The van der Waals surface area contributed by atoms with Crippen molar-refractivity contribution >= 4 is 40.3 Å². The van der Waals surface area contributed by atoms with Crippen LogP contribution in [0.3, 0.4) is 0 Å². The molecule has 1 aliphatic rings. The quantitative estimate of drug-likeness (QED) is 0.222. The van der Waals surface area contributed by atoms with Crippen LogP contribution in [0.1, 0.15) is 23.1 Å². The Morgan fingerprint density at radius 1 is 1.07 bits per heavy atom. The van der Waals surface area contributed by atoms with Crippen LogP contribution in [0.5, 0.6) is 11.5 Å². The largest absolute Gasteiger partial charge is 0.493 e. The molecule has 0 bridgehead atoms. The highest BCUT2D eigenvalue weighted by molar-refractivity contribution is 8.26. The summed E-state index contributed by atoms with van der Waals surface area (Å²) in [4.78, 5) is 14.6. The second-order valence-electron chi connectivity index (χ2n) is 6.95. The molecule has 1 heterocycles. The van der Waals surface area contributed by atoms with Crippen molar-refractivity contribution in [2.45, 2.75) is 20.3 Å². The summed E-state index contributed by atoms with van der Waals surface area (Å²) in [6, 6.07) is 13.8. The summed E-state index contributed by atoms with van der Waals surface area (Å²) in [5, 5.41) is 0. The van der Waals surface area contributed by atoms with Gasteiger partial charge in [0.2, 0.25) is 0 Å². The lowest BCUT2D eigenvalue weighted by Crippen LogP contribution is -2.27. The summed E-state index contributed by atoms with van der Waals surface area (Å²) in [6.45, 7) is 9.41. The predicted octanol–water partition coefficient (Wildman–Crippen LogP) is 5.54. The van der Waals surface area contributed by atoms with E-state index in [2.05, 4.69) is 32.6 Å². The fraction of sp³-hybridized carbons (Fsp3) is 0.250. The Morgan fingerprint density at radius 3 is 2.50 bits per heavy atom. The van der Waals surface area contributed by atoms with Crippen molar-refractivity contribution < 1.29 is 14.3 Å². The van der Waals surface area contributed by atoms with Gasteiger partial charge in [-0.25, -0.2) is 0 Å². The molecule has 0 radical (unpaired) electrons. The van der Waals surface area contributed by atoms with Crippen LogP contribution < -0.4 is 9.47 Å². The summed E-state index contributed by atoms with van der Waals surface area (Å²) in [5.41, 5.74) is 3.38. The topological polar surface area (TPSA) is 38.8 Å². The van der Waals surface area contributed by atoms with E-state index < -0.39 is 0 Å². The molecule has 0 saturated carbocycles. The molecule has 0 unspecified atom stereocenters. The highest BCUT2D eigenvalue weighted by Crippen LogP contribution is 2.32. The monoisotopic (exact) mass is 439 g/mol. The molecular weight excluding hydrogens is 414 g/mol. The van der Waals surface area contributed by atoms with Gasteiger partial charge in [0.15, 0.2) is 0 Å². The molecule has 156 valence electrons. The van der Waals surface area contributed by atoms with Crippen LogP contribution in [0.2, 0.25) is 0 Å². The van der Waals surface area contributed by atoms with E-state index in [1.807, 2.05) is 36.4 Å². The van der Waals surface area contributed by atoms with E-state index in [9.17, 15) is 4.79 Å². The predicted molar refractivity (Wildman–Crippen MR) is 128 cm³/mol. The van der Waals surface area contributed by atoms with Crippen molar-refractivity contribution in [2.24, 2.45) is 0 Å². The zero-order chi connectivity index (χ0) is 21.5. The molecule has 0 aliphatic carbocycles. The maximum Gasteiger partial charge on any atom is 0.266 e. The Morgan fingerprint density at radius 2 is 1.80 bits per heavy atom. The summed E-state index contributed by atoms with van der Waals surface area (Å²) >= 11 is 6.59. The minimum Gasteiger partial charge on any atom is -0.493 e. The van der Waals surface area contributed by atoms with Crippen LogP contribution in [-0.2, 0) is 4.79 Å². The molecule has 1 aliphatic heterocycles. The van der Waals surface area contributed by atoms with Crippen LogP contribution in [0.15, 0.2) is 60.0 Å². The number of rotatable bonds is 9. The fourth-order valence-electron chi connectivity index (χ4n) is 2.87. The first-order chi connectivity index (χ1) is 14.5. The molecule has 0 aromatic heterocycles. The number of thiocarbonyl (C=S) groups is 1. The van der Waals surface area contributed by atoms with Crippen LogP contribution in [0.25, 0.3) is 6.08 Å². The molecule has 30 heavy (non-hydrogen) atoms. The zero-order valence-corrected chi connectivity index (χ0v) is 18.9. The second-order valence-corrected chi connectivity index (χ2v) is 8.63. The second kappa shape index (κ2) is 10.5. The molecule has 6 heteroatoms. The lowest BCUT2D eigenvalue weighted by molar-refractivity contribution is -0.121. The third-order valence-corrected chi connectivity index (χ3v) is 6.02. The molecule has 3 rings (SSSR count). The molecule has 0 N–H and O–H groups in total. The Labute approximate surface area is 187 Å².